The van der Waals surface area contributed by atoms with Crippen molar-refractivity contribution >= 4 is 46.2 Å². The maximum atomic E-state index is 12.2. The minimum absolute atomic E-state index is 0.226. The highest BCUT2D eigenvalue weighted by Gasteiger charge is 2.21. The summed E-state index contributed by atoms with van der Waals surface area (Å²) in [6.07, 6.45) is 15.7. The molecule has 0 fully saturated rings. The zero-order chi connectivity index (χ0) is 25.4. The minimum Gasteiger partial charge on any atom is -0.382 e. The molecule has 0 saturated carbocycles. The van der Waals surface area contributed by atoms with E-state index in [1.54, 1.807) is 21.7 Å². The molecule has 0 saturated heterocycles. The molecule has 3 N–H and O–H groups in total. The van der Waals surface area contributed by atoms with Crippen molar-refractivity contribution in [3.05, 3.63) is 12.7 Å². The lowest BCUT2D eigenvalue weighted by atomic mass is 10.1. The van der Waals surface area contributed by atoms with Gasteiger partial charge in [0.05, 0.1) is 25.6 Å². The molecule has 0 radical (unpaired) electrons. The number of fused-ring (bicyclic) bond motifs is 1. The predicted octanol–water partition coefficient (Wildman–Crippen LogP) is 6.28. The topological polar surface area (TPSA) is 125 Å². The molecule has 2 heterocycles. The highest BCUT2D eigenvalue weighted by Crippen LogP contribution is 2.42. The molecule has 9 nitrogen and oxygen atoms in total. The molecule has 2 aromatic heterocycles. The van der Waals surface area contributed by atoms with Crippen LogP contribution in [0.25, 0.3) is 11.2 Å². The van der Waals surface area contributed by atoms with Gasteiger partial charge in [-0.05, 0) is 13.3 Å². The second-order valence-electron chi connectivity index (χ2n) is 8.73. The Morgan fingerprint density at radius 3 is 2.40 bits per heavy atom. The number of aromatic nitrogens is 4. The lowest BCUT2D eigenvalue weighted by molar-refractivity contribution is 0.0724. The molecule has 0 bridgehead atoms. The van der Waals surface area contributed by atoms with E-state index in [4.69, 9.17) is 15.0 Å². The number of nitrogens with zero attached hydrogens (tertiary/aromatic N) is 4. The fourth-order valence-electron chi connectivity index (χ4n) is 3.60. The van der Waals surface area contributed by atoms with E-state index in [-0.39, 0.29) is 19.1 Å². The van der Waals surface area contributed by atoms with Gasteiger partial charge >= 0.3 is 7.60 Å². The van der Waals surface area contributed by atoms with E-state index >= 15 is 0 Å². The SMILES string of the molecule is CCCCCCCCCCCCSSCCOP(=O)(O)CO[C@H](C)Cn1cnc2c(N)ncnc21. The summed E-state index contributed by atoms with van der Waals surface area (Å²) in [5, 5.41) is 0. The van der Waals surface area contributed by atoms with E-state index in [0.717, 1.165) is 5.75 Å². The van der Waals surface area contributed by atoms with Gasteiger partial charge in [-0.2, -0.15) is 0 Å². The average molecular weight is 548 g/mol. The predicted molar refractivity (Wildman–Crippen MR) is 148 cm³/mol. The maximum Gasteiger partial charge on any atom is 0.353 e. The third-order valence-electron chi connectivity index (χ3n) is 5.53. The van der Waals surface area contributed by atoms with Crippen molar-refractivity contribution in [1.82, 2.24) is 19.5 Å². The van der Waals surface area contributed by atoms with E-state index in [0.29, 0.717) is 29.3 Å². The van der Waals surface area contributed by atoms with Crippen LogP contribution in [-0.2, 0) is 20.4 Å². The number of nitrogen functional groups attached to an aromatic ring is 1. The van der Waals surface area contributed by atoms with Crippen LogP contribution < -0.4 is 5.73 Å². The standard InChI is InChI=1S/C23H42N5O4PS2/c1-3-4-5-6-7-8-9-10-11-12-14-34-35-15-13-32-33(29,30)19-31-20(2)16-28-18-27-21-22(24)25-17-26-23(21)28/h17-18,20H,3-16,19H2,1-2H3,(H,29,30)(H2,24,25,26)/t20-/m1/s1. The van der Waals surface area contributed by atoms with E-state index in [1.807, 2.05) is 17.7 Å². The monoisotopic (exact) mass is 547 g/mol. The Kier molecular flexibility index (Phi) is 15.3. The summed E-state index contributed by atoms with van der Waals surface area (Å²) in [4.78, 5) is 22.4. The van der Waals surface area contributed by atoms with Crippen LogP contribution in [0.5, 0.6) is 0 Å². The second kappa shape index (κ2) is 17.6. The molecule has 0 aliphatic heterocycles. The van der Waals surface area contributed by atoms with Gasteiger partial charge in [0, 0.05) is 11.5 Å². The first-order valence-electron chi connectivity index (χ1n) is 12.7. The fraction of sp³-hybridized carbons (Fsp3) is 0.783. The summed E-state index contributed by atoms with van der Waals surface area (Å²) in [7, 11) is -0.296. The van der Waals surface area contributed by atoms with Crippen molar-refractivity contribution in [2.45, 2.75) is 90.7 Å². The van der Waals surface area contributed by atoms with Gasteiger partial charge in [-0.3, -0.25) is 4.57 Å². The van der Waals surface area contributed by atoms with Gasteiger partial charge in [-0.1, -0.05) is 86.3 Å². The number of nitrogens with two attached hydrogens (primary N) is 1. The first-order valence-corrected chi connectivity index (χ1v) is 16.9. The third kappa shape index (κ3) is 12.8. The molecule has 0 spiro atoms. The van der Waals surface area contributed by atoms with Crippen molar-refractivity contribution in [2.75, 3.05) is 30.2 Å². The lowest BCUT2D eigenvalue weighted by Gasteiger charge is -2.17. The number of imidazole rings is 1. The molecule has 0 aliphatic carbocycles. The molecular weight excluding hydrogens is 505 g/mol. The van der Waals surface area contributed by atoms with Crippen molar-refractivity contribution < 1.29 is 18.7 Å². The largest absolute Gasteiger partial charge is 0.382 e. The average Bonchev–Trinajstić information content (AvgIpc) is 3.24. The number of anilines is 1. The van der Waals surface area contributed by atoms with Crippen molar-refractivity contribution in [2.24, 2.45) is 0 Å². The molecule has 0 aliphatic rings. The Bertz CT molecular complexity index is 889. The Balaban J connectivity index is 1.46. The third-order valence-corrected chi connectivity index (χ3v) is 9.05. The van der Waals surface area contributed by atoms with Gasteiger partial charge in [0.1, 0.15) is 18.2 Å². The van der Waals surface area contributed by atoms with Crippen LogP contribution >= 0.6 is 29.2 Å². The lowest BCUT2D eigenvalue weighted by Crippen LogP contribution is -2.17. The molecule has 35 heavy (non-hydrogen) atoms. The van der Waals surface area contributed by atoms with Crippen LogP contribution in [0.15, 0.2) is 12.7 Å². The van der Waals surface area contributed by atoms with Gasteiger partial charge in [0.25, 0.3) is 0 Å². The first kappa shape index (κ1) is 30.4. The Labute approximate surface area is 217 Å². The van der Waals surface area contributed by atoms with E-state index < -0.39 is 7.60 Å². The summed E-state index contributed by atoms with van der Waals surface area (Å²) in [5.74, 6) is 2.10. The van der Waals surface area contributed by atoms with Gasteiger partial charge < -0.3 is 24.5 Å². The summed E-state index contributed by atoms with van der Waals surface area (Å²) in [5.41, 5.74) is 6.93. The molecular formula is C23H42N5O4PS2. The van der Waals surface area contributed by atoms with Crippen molar-refractivity contribution in [3.63, 3.8) is 0 Å². The molecule has 200 valence electrons. The molecule has 1 unspecified atom stereocenters. The van der Waals surface area contributed by atoms with Crippen molar-refractivity contribution in [1.29, 1.82) is 0 Å². The maximum absolute atomic E-state index is 12.2. The van der Waals surface area contributed by atoms with Gasteiger partial charge in [-0.15, -0.1) is 0 Å². The summed E-state index contributed by atoms with van der Waals surface area (Å²) in [6, 6.07) is 0. The normalized spacial score (nSPS) is 14.4. The Morgan fingerprint density at radius 1 is 1.03 bits per heavy atom. The fourth-order valence-corrected chi connectivity index (χ4v) is 6.59. The zero-order valence-corrected chi connectivity index (χ0v) is 23.7. The summed E-state index contributed by atoms with van der Waals surface area (Å²) in [6.45, 7) is 4.71. The Morgan fingerprint density at radius 2 is 1.69 bits per heavy atom. The molecule has 0 amide bonds. The molecule has 12 heteroatoms. The van der Waals surface area contributed by atoms with Gasteiger partial charge in [-0.25, -0.2) is 15.0 Å². The van der Waals surface area contributed by atoms with Crippen LogP contribution in [0.2, 0.25) is 0 Å². The Hall–Kier alpha value is -0.840. The van der Waals surface area contributed by atoms with Gasteiger partial charge in [0.15, 0.2) is 11.5 Å². The zero-order valence-electron chi connectivity index (χ0n) is 21.1. The number of unbranched alkanes of at least 4 members (excludes halogenated alkanes) is 9. The van der Waals surface area contributed by atoms with Crippen LogP contribution in [-0.4, -0.2) is 55.0 Å². The number of ether oxygens (including phenoxy) is 1. The molecule has 2 aromatic rings. The molecule has 0 aromatic carbocycles. The van der Waals surface area contributed by atoms with Gasteiger partial charge in [0.2, 0.25) is 0 Å². The van der Waals surface area contributed by atoms with E-state index in [9.17, 15) is 9.46 Å². The van der Waals surface area contributed by atoms with Crippen LogP contribution in [0.3, 0.4) is 0 Å². The highest BCUT2D eigenvalue weighted by molar-refractivity contribution is 8.76. The second-order valence-corrected chi connectivity index (χ2v) is 13.2. The molecule has 2 atom stereocenters. The van der Waals surface area contributed by atoms with Crippen LogP contribution in [0.1, 0.15) is 78.1 Å². The van der Waals surface area contributed by atoms with E-state index in [2.05, 4.69) is 21.9 Å². The first-order chi connectivity index (χ1) is 16.9. The smallest absolute Gasteiger partial charge is 0.353 e. The van der Waals surface area contributed by atoms with Crippen LogP contribution in [0, 0.1) is 0 Å². The quantitative estimate of drug-likeness (QED) is 0.105. The molecule has 2 rings (SSSR count). The van der Waals surface area contributed by atoms with E-state index in [1.165, 1.54) is 70.5 Å². The highest BCUT2D eigenvalue weighted by atomic mass is 33.1. The van der Waals surface area contributed by atoms with Crippen LogP contribution in [0.4, 0.5) is 5.82 Å². The summed E-state index contributed by atoms with van der Waals surface area (Å²) < 4.78 is 24.8. The number of hydrogen-bond donors (Lipinski definition) is 2. The number of rotatable bonds is 21. The number of hydrogen-bond acceptors (Lipinski definition) is 9. The summed E-state index contributed by atoms with van der Waals surface area (Å²) >= 11 is 0. The van der Waals surface area contributed by atoms with Crippen molar-refractivity contribution in [3.8, 4) is 0 Å². The minimum atomic E-state index is -3.79.